The molecule has 1 aromatic carbocycles. The van der Waals surface area contributed by atoms with Crippen molar-refractivity contribution in [3.05, 3.63) is 41.8 Å². The molecule has 2 bridgehead atoms. The second-order valence-corrected chi connectivity index (χ2v) is 10.2. The van der Waals surface area contributed by atoms with E-state index < -0.39 is 10.0 Å². The number of halogens is 1. The summed E-state index contributed by atoms with van der Waals surface area (Å²) >= 11 is 0. The quantitative estimate of drug-likeness (QED) is 0.748. The number of sulfonamides is 1. The van der Waals surface area contributed by atoms with E-state index in [1.54, 1.807) is 12.1 Å². The summed E-state index contributed by atoms with van der Waals surface area (Å²) in [5.41, 5.74) is 2.98. The van der Waals surface area contributed by atoms with E-state index in [0.29, 0.717) is 24.8 Å². The molecule has 4 atom stereocenters. The van der Waals surface area contributed by atoms with Gasteiger partial charge in [0.1, 0.15) is 5.82 Å². The zero-order chi connectivity index (χ0) is 20.6. The van der Waals surface area contributed by atoms with Crippen molar-refractivity contribution >= 4 is 10.0 Å². The Kier molecular flexibility index (Phi) is 5.77. The van der Waals surface area contributed by atoms with Gasteiger partial charge < -0.3 is 0 Å². The van der Waals surface area contributed by atoms with Crippen LogP contribution in [0.3, 0.4) is 0 Å². The van der Waals surface area contributed by atoms with Gasteiger partial charge in [0, 0.05) is 43.4 Å². The highest BCUT2D eigenvalue weighted by atomic mass is 32.2. The summed E-state index contributed by atoms with van der Waals surface area (Å²) in [6, 6.07) is 8.83. The molecule has 0 saturated carbocycles. The molecule has 1 aromatic heterocycles. The maximum atomic E-state index is 13.2. The molecule has 4 heterocycles. The molecular weight excluding hydrogens is 391 g/mol. The van der Waals surface area contributed by atoms with E-state index in [1.807, 2.05) is 18.7 Å². The van der Waals surface area contributed by atoms with Gasteiger partial charge in [-0.1, -0.05) is 6.92 Å². The van der Waals surface area contributed by atoms with Crippen LogP contribution in [0.2, 0.25) is 0 Å². The van der Waals surface area contributed by atoms with Crippen molar-refractivity contribution in [2.24, 2.45) is 13.0 Å². The zero-order valence-corrected chi connectivity index (χ0v) is 17.8. The fourth-order valence-corrected chi connectivity index (χ4v) is 5.97. The number of nitrogens with zero attached hydrogens (tertiary/aromatic N) is 3. The highest BCUT2D eigenvalue weighted by Crippen LogP contribution is 2.42. The molecule has 158 valence electrons. The van der Waals surface area contributed by atoms with Gasteiger partial charge >= 0.3 is 0 Å². The Balaban J connectivity index is 1.46. The zero-order valence-electron chi connectivity index (χ0n) is 17.0. The van der Waals surface area contributed by atoms with Crippen molar-refractivity contribution in [1.82, 2.24) is 19.4 Å². The first-order chi connectivity index (χ1) is 13.9. The lowest BCUT2D eigenvalue weighted by molar-refractivity contribution is 0.0306. The van der Waals surface area contributed by atoms with E-state index in [0.717, 1.165) is 37.2 Å². The van der Waals surface area contributed by atoms with Gasteiger partial charge in [0.25, 0.3) is 0 Å². The van der Waals surface area contributed by atoms with Crippen molar-refractivity contribution in [3.8, 4) is 11.3 Å². The SMILES string of the molecule is CCCS(=O)(=O)NCC1CC2CCN1CC2c1cc(-c2ccc(F)cc2)nn1C. The lowest BCUT2D eigenvalue weighted by Gasteiger charge is -2.49. The van der Waals surface area contributed by atoms with Crippen LogP contribution in [0.4, 0.5) is 4.39 Å². The number of piperidine rings is 3. The largest absolute Gasteiger partial charge is 0.298 e. The van der Waals surface area contributed by atoms with Gasteiger partial charge in [0.15, 0.2) is 0 Å². The Morgan fingerprint density at radius 1 is 1.28 bits per heavy atom. The molecule has 8 heteroatoms. The van der Waals surface area contributed by atoms with Gasteiger partial charge in [-0.15, -0.1) is 0 Å². The van der Waals surface area contributed by atoms with Gasteiger partial charge in [-0.05, 0) is 62.1 Å². The van der Waals surface area contributed by atoms with E-state index in [9.17, 15) is 12.8 Å². The third-order valence-corrected chi connectivity index (χ3v) is 7.88. The lowest BCUT2D eigenvalue weighted by atomic mass is 9.74. The molecule has 5 rings (SSSR count). The Morgan fingerprint density at radius 2 is 2.03 bits per heavy atom. The molecular formula is C21H29FN4O2S. The van der Waals surface area contributed by atoms with Gasteiger partial charge in [-0.3, -0.25) is 9.58 Å². The number of nitrogens with one attached hydrogen (secondary N) is 1. The van der Waals surface area contributed by atoms with Crippen LogP contribution in [0.15, 0.2) is 30.3 Å². The first-order valence-corrected chi connectivity index (χ1v) is 12.0. The normalized spacial score (nSPS) is 26.7. The summed E-state index contributed by atoms with van der Waals surface area (Å²) in [6.45, 7) is 4.32. The molecule has 3 fully saturated rings. The van der Waals surface area contributed by atoms with Crippen molar-refractivity contribution in [2.75, 3.05) is 25.4 Å². The molecule has 0 amide bonds. The summed E-state index contributed by atoms with van der Waals surface area (Å²) in [4.78, 5) is 2.42. The second-order valence-electron chi connectivity index (χ2n) is 8.29. The standard InChI is InChI=1S/C21H29FN4O2S/c1-3-10-29(27,28)23-13-18-11-16-8-9-26(18)14-19(16)21-12-20(24-25(21)2)15-4-6-17(22)7-5-15/h4-7,12,16,18-19,23H,3,8-11,13-14H2,1-2H3. The number of hydrogen-bond acceptors (Lipinski definition) is 4. The van der Waals surface area contributed by atoms with Gasteiger partial charge in [0.2, 0.25) is 10.0 Å². The average Bonchev–Trinajstić information content (AvgIpc) is 3.09. The summed E-state index contributed by atoms with van der Waals surface area (Å²) in [5, 5.41) is 4.66. The summed E-state index contributed by atoms with van der Waals surface area (Å²) in [5.74, 6) is 0.853. The molecule has 3 saturated heterocycles. The van der Waals surface area contributed by atoms with Crippen LogP contribution >= 0.6 is 0 Å². The number of aryl methyl sites for hydroxylation is 1. The number of aromatic nitrogens is 2. The van der Waals surface area contributed by atoms with Crippen molar-refractivity contribution in [3.63, 3.8) is 0 Å². The number of hydrogen-bond donors (Lipinski definition) is 1. The minimum Gasteiger partial charge on any atom is -0.298 e. The minimum atomic E-state index is -3.17. The molecule has 4 unspecified atom stereocenters. The monoisotopic (exact) mass is 420 g/mol. The van der Waals surface area contributed by atoms with E-state index in [-0.39, 0.29) is 17.6 Å². The predicted molar refractivity (Wildman–Crippen MR) is 112 cm³/mol. The number of rotatable bonds is 7. The molecule has 0 spiro atoms. The maximum Gasteiger partial charge on any atom is 0.211 e. The Labute approximate surface area is 172 Å². The van der Waals surface area contributed by atoms with Crippen molar-refractivity contribution < 1.29 is 12.8 Å². The minimum absolute atomic E-state index is 0.187. The Morgan fingerprint density at radius 3 is 2.69 bits per heavy atom. The van der Waals surface area contributed by atoms with Crippen LogP contribution in [0.25, 0.3) is 11.3 Å². The molecule has 3 aliphatic heterocycles. The first-order valence-electron chi connectivity index (χ1n) is 10.4. The molecule has 0 aliphatic carbocycles. The smallest absolute Gasteiger partial charge is 0.211 e. The highest BCUT2D eigenvalue weighted by Gasteiger charge is 2.42. The Bertz CT molecular complexity index is 958. The first kappa shape index (κ1) is 20.5. The van der Waals surface area contributed by atoms with E-state index in [2.05, 4.69) is 20.8 Å². The van der Waals surface area contributed by atoms with Crippen LogP contribution in [0, 0.1) is 11.7 Å². The molecule has 1 N–H and O–H groups in total. The number of fused-ring (bicyclic) bond motifs is 3. The van der Waals surface area contributed by atoms with E-state index in [1.165, 1.54) is 17.8 Å². The maximum absolute atomic E-state index is 13.2. The van der Waals surface area contributed by atoms with Crippen LogP contribution in [-0.4, -0.2) is 54.5 Å². The number of benzene rings is 1. The van der Waals surface area contributed by atoms with Gasteiger partial charge in [-0.25, -0.2) is 17.5 Å². The van der Waals surface area contributed by atoms with Crippen molar-refractivity contribution in [2.45, 2.75) is 38.1 Å². The lowest BCUT2D eigenvalue weighted by Crippen LogP contribution is -2.56. The van der Waals surface area contributed by atoms with Crippen molar-refractivity contribution in [1.29, 1.82) is 0 Å². The second kappa shape index (κ2) is 8.16. The summed E-state index contributed by atoms with van der Waals surface area (Å²) in [6.07, 6.45) is 2.75. The van der Waals surface area contributed by atoms with Gasteiger partial charge in [-0.2, -0.15) is 5.10 Å². The fraction of sp³-hybridized carbons (Fsp3) is 0.571. The predicted octanol–water partition coefficient (Wildman–Crippen LogP) is 2.73. The van der Waals surface area contributed by atoms with Crippen LogP contribution in [0.5, 0.6) is 0 Å². The highest BCUT2D eigenvalue weighted by molar-refractivity contribution is 7.89. The molecule has 2 aromatic rings. The average molecular weight is 421 g/mol. The fourth-order valence-electron chi connectivity index (χ4n) is 4.84. The van der Waals surface area contributed by atoms with E-state index >= 15 is 0 Å². The van der Waals surface area contributed by atoms with Gasteiger partial charge in [0.05, 0.1) is 11.4 Å². The summed E-state index contributed by atoms with van der Waals surface area (Å²) < 4.78 is 42.0. The van der Waals surface area contributed by atoms with E-state index in [4.69, 9.17) is 0 Å². The molecule has 3 aliphatic rings. The molecule has 0 radical (unpaired) electrons. The summed E-state index contributed by atoms with van der Waals surface area (Å²) in [7, 11) is -1.20. The van der Waals surface area contributed by atoms with Crippen LogP contribution in [0.1, 0.15) is 37.8 Å². The van der Waals surface area contributed by atoms with Crippen LogP contribution in [-0.2, 0) is 17.1 Å². The molecule has 6 nitrogen and oxygen atoms in total. The Hall–Kier alpha value is -1.77. The molecule has 29 heavy (non-hydrogen) atoms. The third kappa shape index (κ3) is 4.39. The van der Waals surface area contributed by atoms with Crippen LogP contribution < -0.4 is 4.72 Å². The topological polar surface area (TPSA) is 67.2 Å². The third-order valence-electron chi connectivity index (χ3n) is 6.33.